The predicted molar refractivity (Wildman–Crippen MR) is 109 cm³/mol. The molecule has 0 spiro atoms. The zero-order chi connectivity index (χ0) is 18.3. The topological polar surface area (TPSA) is 31.8 Å². The first-order chi connectivity index (χ1) is 13.4. The minimum absolute atomic E-state index is 0.798. The molecule has 2 aliphatic rings. The van der Waals surface area contributed by atoms with Crippen LogP contribution in [-0.4, -0.2) is 67.2 Å². The summed E-state index contributed by atoms with van der Waals surface area (Å²) in [4.78, 5) is 12.0. The van der Waals surface area contributed by atoms with Gasteiger partial charge in [0.1, 0.15) is 18.2 Å². The molecule has 1 fully saturated rings. The van der Waals surface area contributed by atoms with Crippen LogP contribution in [0, 0.1) is 0 Å². The van der Waals surface area contributed by atoms with Crippen LogP contribution >= 0.6 is 0 Å². The van der Waals surface area contributed by atoms with Crippen molar-refractivity contribution in [1.82, 2.24) is 14.8 Å². The second-order valence-electron chi connectivity index (χ2n) is 7.46. The highest BCUT2D eigenvalue weighted by Crippen LogP contribution is 2.22. The number of para-hydroxylation sites is 1. The molecule has 2 aromatic rings. The lowest BCUT2D eigenvalue weighted by atomic mass is 10.2. The summed E-state index contributed by atoms with van der Waals surface area (Å²) in [7, 11) is 0. The fourth-order valence-corrected chi connectivity index (χ4v) is 3.98. The van der Waals surface area contributed by atoms with Crippen molar-refractivity contribution in [3.8, 4) is 5.75 Å². The molecular formula is C22H30N4O. The Morgan fingerprint density at radius 3 is 2.41 bits per heavy atom. The first-order valence-corrected chi connectivity index (χ1v) is 10.2. The number of pyridine rings is 1. The maximum Gasteiger partial charge on any atom is 0.128 e. The van der Waals surface area contributed by atoms with Crippen molar-refractivity contribution in [2.45, 2.75) is 19.4 Å². The van der Waals surface area contributed by atoms with Gasteiger partial charge in [-0.3, -0.25) is 9.80 Å². The summed E-state index contributed by atoms with van der Waals surface area (Å²) in [6.07, 6.45) is 4.40. The third-order valence-electron chi connectivity index (χ3n) is 5.58. The SMILES string of the molecule is c1ccc(N2CCN(CCCCN3CCOc4ccccc4C3)CC2)nc1. The molecule has 0 saturated carbocycles. The van der Waals surface area contributed by atoms with Crippen LogP contribution in [0.4, 0.5) is 5.82 Å². The van der Waals surface area contributed by atoms with Crippen LogP contribution in [0.2, 0.25) is 0 Å². The number of aromatic nitrogens is 1. The van der Waals surface area contributed by atoms with Gasteiger partial charge in [0, 0.05) is 51.0 Å². The van der Waals surface area contributed by atoms with Gasteiger partial charge < -0.3 is 9.64 Å². The van der Waals surface area contributed by atoms with E-state index in [0.29, 0.717) is 0 Å². The molecule has 3 heterocycles. The summed E-state index contributed by atoms with van der Waals surface area (Å²) in [6.45, 7) is 9.64. The van der Waals surface area contributed by atoms with Gasteiger partial charge in [-0.1, -0.05) is 24.3 Å². The minimum Gasteiger partial charge on any atom is -0.492 e. The Kier molecular flexibility index (Phi) is 6.22. The smallest absolute Gasteiger partial charge is 0.128 e. The quantitative estimate of drug-likeness (QED) is 0.734. The number of rotatable bonds is 6. The molecule has 5 heteroatoms. The number of benzene rings is 1. The van der Waals surface area contributed by atoms with Gasteiger partial charge in [0.25, 0.3) is 0 Å². The van der Waals surface area contributed by atoms with Crippen LogP contribution in [0.3, 0.4) is 0 Å². The van der Waals surface area contributed by atoms with Crippen LogP contribution in [0.25, 0.3) is 0 Å². The molecule has 5 nitrogen and oxygen atoms in total. The molecule has 0 amide bonds. The normalized spacial score (nSPS) is 18.6. The molecule has 27 heavy (non-hydrogen) atoms. The van der Waals surface area contributed by atoms with Crippen molar-refractivity contribution in [1.29, 1.82) is 0 Å². The van der Waals surface area contributed by atoms with Gasteiger partial charge >= 0.3 is 0 Å². The Balaban J connectivity index is 1.15. The van der Waals surface area contributed by atoms with E-state index in [0.717, 1.165) is 64.0 Å². The minimum atomic E-state index is 0.798. The highest BCUT2D eigenvalue weighted by molar-refractivity contribution is 5.38. The van der Waals surface area contributed by atoms with Gasteiger partial charge in [0.15, 0.2) is 0 Å². The maximum atomic E-state index is 5.87. The summed E-state index contributed by atoms with van der Waals surface area (Å²) in [5, 5.41) is 0. The van der Waals surface area contributed by atoms with Crippen LogP contribution in [-0.2, 0) is 6.54 Å². The van der Waals surface area contributed by atoms with Gasteiger partial charge in [0.05, 0.1) is 0 Å². The number of hydrogen-bond donors (Lipinski definition) is 0. The molecule has 0 N–H and O–H groups in total. The van der Waals surface area contributed by atoms with E-state index in [9.17, 15) is 0 Å². The summed E-state index contributed by atoms with van der Waals surface area (Å²) in [5.41, 5.74) is 1.32. The fraction of sp³-hybridized carbons (Fsp3) is 0.500. The molecular weight excluding hydrogens is 336 g/mol. The second-order valence-corrected chi connectivity index (χ2v) is 7.46. The van der Waals surface area contributed by atoms with E-state index in [1.54, 1.807) is 0 Å². The molecule has 4 rings (SSSR count). The van der Waals surface area contributed by atoms with Crippen LogP contribution in [0.5, 0.6) is 5.75 Å². The van der Waals surface area contributed by atoms with E-state index in [1.807, 2.05) is 12.3 Å². The second kappa shape index (κ2) is 9.20. The van der Waals surface area contributed by atoms with Gasteiger partial charge in [-0.05, 0) is 44.1 Å². The molecule has 0 radical (unpaired) electrons. The van der Waals surface area contributed by atoms with E-state index in [1.165, 1.54) is 24.9 Å². The van der Waals surface area contributed by atoms with Crippen LogP contribution < -0.4 is 9.64 Å². The third kappa shape index (κ3) is 4.99. The Morgan fingerprint density at radius 1 is 0.815 bits per heavy atom. The number of hydrogen-bond acceptors (Lipinski definition) is 5. The van der Waals surface area contributed by atoms with Crippen LogP contribution in [0.15, 0.2) is 48.7 Å². The Hall–Kier alpha value is -2.11. The van der Waals surface area contributed by atoms with E-state index < -0.39 is 0 Å². The summed E-state index contributed by atoms with van der Waals surface area (Å²) >= 11 is 0. The summed E-state index contributed by atoms with van der Waals surface area (Å²) in [5.74, 6) is 2.17. The van der Waals surface area contributed by atoms with Crippen molar-refractivity contribution < 1.29 is 4.74 Å². The fourth-order valence-electron chi connectivity index (χ4n) is 3.98. The first kappa shape index (κ1) is 18.3. The molecule has 1 saturated heterocycles. The highest BCUT2D eigenvalue weighted by Gasteiger charge is 2.18. The van der Waals surface area contributed by atoms with Crippen molar-refractivity contribution in [2.24, 2.45) is 0 Å². The Labute approximate surface area is 162 Å². The van der Waals surface area contributed by atoms with Crippen LogP contribution in [0.1, 0.15) is 18.4 Å². The predicted octanol–water partition coefficient (Wildman–Crippen LogP) is 2.88. The lowest BCUT2D eigenvalue weighted by Gasteiger charge is -2.35. The lowest BCUT2D eigenvalue weighted by Crippen LogP contribution is -2.47. The average molecular weight is 367 g/mol. The largest absolute Gasteiger partial charge is 0.492 e. The van der Waals surface area contributed by atoms with Crippen molar-refractivity contribution in [3.05, 3.63) is 54.2 Å². The summed E-state index contributed by atoms with van der Waals surface area (Å²) in [6, 6.07) is 14.6. The molecule has 1 aromatic heterocycles. The Morgan fingerprint density at radius 2 is 1.59 bits per heavy atom. The molecule has 0 aliphatic carbocycles. The van der Waals surface area contributed by atoms with E-state index in [4.69, 9.17) is 4.74 Å². The monoisotopic (exact) mass is 366 g/mol. The van der Waals surface area contributed by atoms with E-state index in [-0.39, 0.29) is 0 Å². The number of anilines is 1. The molecule has 0 bridgehead atoms. The molecule has 2 aliphatic heterocycles. The van der Waals surface area contributed by atoms with Gasteiger partial charge in [-0.25, -0.2) is 4.98 Å². The third-order valence-corrected chi connectivity index (χ3v) is 5.58. The molecule has 0 atom stereocenters. The average Bonchev–Trinajstić information content (AvgIpc) is 2.94. The zero-order valence-electron chi connectivity index (χ0n) is 16.1. The Bertz CT molecular complexity index is 700. The lowest BCUT2D eigenvalue weighted by molar-refractivity contribution is 0.211. The summed E-state index contributed by atoms with van der Waals surface area (Å²) < 4.78 is 5.87. The zero-order valence-corrected chi connectivity index (χ0v) is 16.1. The molecule has 144 valence electrons. The standard InChI is InChI=1S/C22H30N4O/c1-2-8-21-20(7-1)19-25(17-18-27-21)12-6-5-11-24-13-15-26(16-14-24)22-9-3-4-10-23-22/h1-4,7-10H,5-6,11-19H2. The van der Waals surface area contributed by atoms with Crippen molar-refractivity contribution in [2.75, 3.05) is 57.3 Å². The van der Waals surface area contributed by atoms with Gasteiger partial charge in [0.2, 0.25) is 0 Å². The molecule has 0 unspecified atom stereocenters. The van der Waals surface area contributed by atoms with Crippen molar-refractivity contribution in [3.63, 3.8) is 0 Å². The number of fused-ring (bicyclic) bond motifs is 1. The number of piperazine rings is 1. The number of unbranched alkanes of at least 4 members (excludes halogenated alkanes) is 1. The van der Waals surface area contributed by atoms with Crippen molar-refractivity contribution >= 4 is 5.82 Å². The van der Waals surface area contributed by atoms with Gasteiger partial charge in [-0.2, -0.15) is 0 Å². The number of ether oxygens (including phenoxy) is 1. The van der Waals surface area contributed by atoms with E-state index in [2.05, 4.69) is 56.1 Å². The number of nitrogens with zero attached hydrogens (tertiary/aromatic N) is 4. The first-order valence-electron chi connectivity index (χ1n) is 10.2. The molecule has 1 aromatic carbocycles. The van der Waals surface area contributed by atoms with E-state index >= 15 is 0 Å². The highest BCUT2D eigenvalue weighted by atomic mass is 16.5. The van der Waals surface area contributed by atoms with Gasteiger partial charge in [-0.15, -0.1) is 0 Å². The maximum absolute atomic E-state index is 5.87.